The van der Waals surface area contributed by atoms with E-state index < -0.39 is 0 Å². The van der Waals surface area contributed by atoms with E-state index in [-0.39, 0.29) is 11.7 Å². The van der Waals surface area contributed by atoms with E-state index in [1.807, 2.05) is 43.1 Å². The van der Waals surface area contributed by atoms with Crippen molar-refractivity contribution < 1.29 is 4.39 Å². The molecule has 0 aromatic heterocycles. The maximum Gasteiger partial charge on any atom is 0.123 e. The molecular formula is C16H18FN3. The number of nitrogen functional groups attached to an aromatic ring is 1. The van der Waals surface area contributed by atoms with E-state index in [0.29, 0.717) is 12.1 Å². The Bertz CT molecular complexity index is 620. The lowest BCUT2D eigenvalue weighted by atomic mass is 10.1. The number of benzene rings is 2. The van der Waals surface area contributed by atoms with Crippen LogP contribution >= 0.6 is 0 Å². The van der Waals surface area contributed by atoms with E-state index in [1.54, 1.807) is 6.07 Å². The molecule has 0 aliphatic carbocycles. The van der Waals surface area contributed by atoms with Crippen molar-refractivity contribution in [2.24, 2.45) is 5.73 Å². The number of anilines is 1. The summed E-state index contributed by atoms with van der Waals surface area (Å²) in [6, 6.07) is 12.5. The predicted octanol–water partition coefficient (Wildman–Crippen LogP) is 3.05. The third kappa shape index (κ3) is 3.15. The molecule has 104 valence electrons. The predicted molar refractivity (Wildman–Crippen MR) is 80.7 cm³/mol. The van der Waals surface area contributed by atoms with Gasteiger partial charge in [0.1, 0.15) is 11.7 Å². The van der Waals surface area contributed by atoms with Crippen molar-refractivity contribution in [1.82, 2.24) is 0 Å². The molecule has 2 rings (SSSR count). The maximum atomic E-state index is 13.2. The highest BCUT2D eigenvalue weighted by Crippen LogP contribution is 2.19. The van der Waals surface area contributed by atoms with Crippen LogP contribution in [0.25, 0.3) is 0 Å². The second-order valence-corrected chi connectivity index (χ2v) is 4.91. The molecule has 0 aliphatic rings. The summed E-state index contributed by atoms with van der Waals surface area (Å²) in [6.07, 6.45) is 0. The molecule has 0 heterocycles. The zero-order valence-corrected chi connectivity index (χ0v) is 11.7. The second-order valence-electron chi connectivity index (χ2n) is 4.91. The number of amidine groups is 1. The minimum atomic E-state index is -0.378. The monoisotopic (exact) mass is 271 g/mol. The van der Waals surface area contributed by atoms with Crippen LogP contribution in [0.15, 0.2) is 42.5 Å². The highest BCUT2D eigenvalue weighted by molar-refractivity contribution is 5.96. The van der Waals surface area contributed by atoms with Gasteiger partial charge in [0.15, 0.2) is 0 Å². The molecule has 4 heteroatoms. The van der Waals surface area contributed by atoms with Gasteiger partial charge >= 0.3 is 0 Å². The van der Waals surface area contributed by atoms with Gasteiger partial charge in [-0.15, -0.1) is 0 Å². The Morgan fingerprint density at radius 3 is 2.45 bits per heavy atom. The van der Waals surface area contributed by atoms with Gasteiger partial charge in [-0.1, -0.05) is 23.8 Å². The van der Waals surface area contributed by atoms with Crippen molar-refractivity contribution in [2.75, 3.05) is 11.9 Å². The quantitative estimate of drug-likeness (QED) is 0.663. The number of hydrogen-bond donors (Lipinski definition) is 2. The van der Waals surface area contributed by atoms with Crippen LogP contribution < -0.4 is 10.6 Å². The normalized spacial score (nSPS) is 10.3. The molecular weight excluding hydrogens is 253 g/mol. The molecule has 0 bridgehead atoms. The first kappa shape index (κ1) is 14.1. The minimum absolute atomic E-state index is 0.114. The summed E-state index contributed by atoms with van der Waals surface area (Å²) in [5, 5.41) is 7.54. The standard InChI is InChI=1S/C16H18FN3/c1-11-3-7-14(8-4-11)20(2)10-12-5-6-13(17)9-15(12)16(18)19/h3-9H,10H2,1-2H3,(H3,18,19). The van der Waals surface area contributed by atoms with Gasteiger partial charge < -0.3 is 10.6 Å². The summed E-state index contributed by atoms with van der Waals surface area (Å²) >= 11 is 0. The molecule has 0 saturated heterocycles. The van der Waals surface area contributed by atoms with Crippen LogP contribution in [0.2, 0.25) is 0 Å². The molecule has 3 N–H and O–H groups in total. The molecule has 0 spiro atoms. The van der Waals surface area contributed by atoms with E-state index in [4.69, 9.17) is 11.1 Å². The van der Waals surface area contributed by atoms with Crippen molar-refractivity contribution in [2.45, 2.75) is 13.5 Å². The summed E-state index contributed by atoms with van der Waals surface area (Å²) < 4.78 is 13.2. The Morgan fingerprint density at radius 1 is 1.20 bits per heavy atom. The van der Waals surface area contributed by atoms with Gasteiger partial charge in [0.05, 0.1) is 0 Å². The first-order valence-electron chi connectivity index (χ1n) is 6.38. The van der Waals surface area contributed by atoms with Gasteiger partial charge in [-0.25, -0.2) is 4.39 Å². The minimum Gasteiger partial charge on any atom is -0.384 e. The first-order chi connectivity index (χ1) is 9.47. The van der Waals surface area contributed by atoms with Crippen molar-refractivity contribution in [3.05, 3.63) is 65.0 Å². The Kier molecular flexibility index (Phi) is 4.03. The first-order valence-corrected chi connectivity index (χ1v) is 6.38. The fraction of sp³-hybridized carbons (Fsp3) is 0.188. The summed E-state index contributed by atoms with van der Waals surface area (Å²) in [7, 11) is 1.96. The van der Waals surface area contributed by atoms with E-state index >= 15 is 0 Å². The van der Waals surface area contributed by atoms with E-state index in [0.717, 1.165) is 11.3 Å². The van der Waals surface area contributed by atoms with Gasteiger partial charge in [-0.3, -0.25) is 5.41 Å². The number of halogens is 1. The molecule has 3 nitrogen and oxygen atoms in total. The van der Waals surface area contributed by atoms with Gasteiger partial charge in [-0.05, 0) is 36.8 Å². The number of nitrogens with zero attached hydrogens (tertiary/aromatic N) is 1. The second kappa shape index (κ2) is 5.74. The molecule has 2 aromatic rings. The topological polar surface area (TPSA) is 53.1 Å². The van der Waals surface area contributed by atoms with E-state index in [9.17, 15) is 4.39 Å². The van der Waals surface area contributed by atoms with E-state index in [2.05, 4.69) is 0 Å². The van der Waals surface area contributed by atoms with Crippen LogP contribution in [-0.2, 0) is 6.54 Å². The molecule has 0 radical (unpaired) electrons. The summed E-state index contributed by atoms with van der Waals surface area (Å²) in [5.74, 6) is -0.492. The number of rotatable bonds is 4. The smallest absolute Gasteiger partial charge is 0.123 e. The number of aryl methyl sites for hydroxylation is 1. The van der Waals surface area contributed by atoms with Crippen LogP contribution in [0.4, 0.5) is 10.1 Å². The highest BCUT2D eigenvalue weighted by Gasteiger charge is 2.10. The fourth-order valence-electron chi connectivity index (χ4n) is 2.08. The molecule has 0 unspecified atom stereocenters. The van der Waals surface area contributed by atoms with Crippen molar-refractivity contribution >= 4 is 11.5 Å². The molecule has 2 aromatic carbocycles. The van der Waals surface area contributed by atoms with Crippen molar-refractivity contribution in [3.63, 3.8) is 0 Å². The van der Waals surface area contributed by atoms with Crippen LogP contribution in [0, 0.1) is 18.2 Å². The lowest BCUT2D eigenvalue weighted by molar-refractivity contribution is 0.626. The number of nitrogens with one attached hydrogen (secondary N) is 1. The zero-order chi connectivity index (χ0) is 14.7. The summed E-state index contributed by atoms with van der Waals surface area (Å²) in [5.41, 5.74) is 9.07. The average molecular weight is 271 g/mol. The van der Waals surface area contributed by atoms with Crippen LogP contribution in [0.1, 0.15) is 16.7 Å². The lowest BCUT2D eigenvalue weighted by Crippen LogP contribution is -2.21. The Balaban J connectivity index is 2.25. The highest BCUT2D eigenvalue weighted by atomic mass is 19.1. The number of hydrogen-bond acceptors (Lipinski definition) is 2. The van der Waals surface area contributed by atoms with Crippen LogP contribution in [-0.4, -0.2) is 12.9 Å². The Labute approximate surface area is 118 Å². The summed E-state index contributed by atoms with van der Waals surface area (Å²) in [4.78, 5) is 2.04. The largest absolute Gasteiger partial charge is 0.384 e. The molecule has 0 saturated carbocycles. The van der Waals surface area contributed by atoms with Crippen LogP contribution in [0.5, 0.6) is 0 Å². The van der Waals surface area contributed by atoms with Crippen molar-refractivity contribution in [1.29, 1.82) is 5.41 Å². The maximum absolute atomic E-state index is 13.2. The Morgan fingerprint density at radius 2 is 1.85 bits per heavy atom. The van der Waals surface area contributed by atoms with Gasteiger partial charge in [0.2, 0.25) is 0 Å². The van der Waals surface area contributed by atoms with E-state index in [1.165, 1.54) is 17.7 Å². The molecule has 0 fully saturated rings. The molecule has 0 amide bonds. The third-order valence-corrected chi connectivity index (χ3v) is 3.24. The molecule has 0 aliphatic heterocycles. The average Bonchev–Trinajstić information content (AvgIpc) is 2.41. The molecule has 20 heavy (non-hydrogen) atoms. The number of nitrogens with two attached hydrogens (primary N) is 1. The van der Waals surface area contributed by atoms with Crippen LogP contribution in [0.3, 0.4) is 0 Å². The fourth-order valence-corrected chi connectivity index (χ4v) is 2.08. The zero-order valence-electron chi connectivity index (χ0n) is 11.7. The van der Waals surface area contributed by atoms with Gasteiger partial charge in [0.25, 0.3) is 0 Å². The Hall–Kier alpha value is -2.36. The SMILES string of the molecule is Cc1ccc(N(C)Cc2ccc(F)cc2C(=N)N)cc1. The van der Waals surface area contributed by atoms with Gasteiger partial charge in [0, 0.05) is 24.8 Å². The molecule has 0 atom stereocenters. The van der Waals surface area contributed by atoms with Crippen molar-refractivity contribution in [3.8, 4) is 0 Å². The van der Waals surface area contributed by atoms with Gasteiger partial charge in [-0.2, -0.15) is 0 Å². The third-order valence-electron chi connectivity index (χ3n) is 3.24. The lowest BCUT2D eigenvalue weighted by Gasteiger charge is -2.21. The summed E-state index contributed by atoms with van der Waals surface area (Å²) in [6.45, 7) is 2.61.